The fourth-order valence-electron chi connectivity index (χ4n) is 4.47. The molecule has 0 bridgehead atoms. The van der Waals surface area contributed by atoms with Crippen molar-refractivity contribution >= 4 is 46.2 Å². The molecule has 38 heavy (non-hydrogen) atoms. The Kier molecular flexibility index (Phi) is 7.52. The number of halogens is 5. The Balaban J connectivity index is 1.17. The van der Waals surface area contributed by atoms with Gasteiger partial charge in [0, 0.05) is 43.1 Å². The first-order valence-corrected chi connectivity index (χ1v) is 13.4. The van der Waals surface area contributed by atoms with E-state index in [1.54, 1.807) is 17.0 Å². The average molecular weight is 585 g/mol. The molecule has 2 aliphatic heterocycles. The normalized spacial score (nSPS) is 18.4. The van der Waals surface area contributed by atoms with E-state index >= 15 is 0 Å². The van der Waals surface area contributed by atoms with Crippen LogP contribution >= 0.6 is 34.5 Å². The molecule has 3 aromatic rings. The van der Waals surface area contributed by atoms with Gasteiger partial charge in [0.25, 0.3) is 5.56 Å². The van der Waals surface area contributed by atoms with Crippen molar-refractivity contribution in [1.82, 2.24) is 14.5 Å². The van der Waals surface area contributed by atoms with Gasteiger partial charge in [0.05, 0.1) is 26.3 Å². The first kappa shape index (κ1) is 26.7. The number of rotatable bonds is 5. The number of carbonyl (C=O) groups excluding carboxylic acids is 1. The second kappa shape index (κ2) is 10.7. The van der Waals surface area contributed by atoms with Gasteiger partial charge in [0.1, 0.15) is 12.3 Å². The summed E-state index contributed by atoms with van der Waals surface area (Å²) in [6, 6.07) is 6.87. The average Bonchev–Trinajstić information content (AvgIpc) is 3.57. The van der Waals surface area contributed by atoms with Crippen molar-refractivity contribution in [2.24, 2.45) is 5.16 Å². The molecular weight excluding hydrogens is 564 g/mol. The Hall–Kier alpha value is -2.89. The van der Waals surface area contributed by atoms with E-state index in [2.05, 4.69) is 5.16 Å². The number of carbonyl (C=O) groups is 1. The molecular formula is C25H21Cl2F3N4O3S. The molecule has 13 heteroatoms. The molecule has 2 aromatic heterocycles. The number of piperidine rings is 1. The molecule has 0 radical (unpaired) electrons. The number of hydrogen-bond acceptors (Lipinski definition) is 6. The molecule has 0 aliphatic carbocycles. The number of hydrogen-bond donors (Lipinski definition) is 0. The maximum atomic E-state index is 13.0. The minimum Gasteiger partial charge on any atom is -0.387 e. The summed E-state index contributed by atoms with van der Waals surface area (Å²) in [5.74, 6) is -0.252. The molecule has 1 saturated heterocycles. The van der Waals surface area contributed by atoms with Crippen molar-refractivity contribution < 1.29 is 22.8 Å². The van der Waals surface area contributed by atoms with E-state index < -0.39 is 29.8 Å². The molecule has 200 valence electrons. The Morgan fingerprint density at radius 3 is 2.61 bits per heavy atom. The number of amides is 1. The van der Waals surface area contributed by atoms with Crippen molar-refractivity contribution in [3.63, 3.8) is 0 Å². The standard InChI is InChI=1S/C25H21Cl2F3N4O3S/c26-17-3-1-15(9-18(17)27)21-10-19(32-37-21)20-13-38-24(31-20)14-5-7-33(8-6-14)23(36)12-34-11-16(25(28,29)30)2-4-22(34)35/h1-4,9,11,13-14,21H,5-8,10,12H2. The maximum Gasteiger partial charge on any atom is 0.417 e. The van der Waals surface area contributed by atoms with Crippen LogP contribution in [0.1, 0.15) is 53.1 Å². The Bertz CT molecular complexity index is 1450. The molecule has 5 rings (SSSR count). The molecule has 1 fully saturated rings. The lowest BCUT2D eigenvalue weighted by Crippen LogP contribution is -2.41. The predicted molar refractivity (Wildman–Crippen MR) is 138 cm³/mol. The second-order valence-electron chi connectivity index (χ2n) is 9.12. The summed E-state index contributed by atoms with van der Waals surface area (Å²) in [6.45, 7) is 0.416. The van der Waals surface area contributed by atoms with Crippen molar-refractivity contribution in [2.45, 2.75) is 44.0 Å². The van der Waals surface area contributed by atoms with E-state index in [0.717, 1.165) is 32.6 Å². The zero-order chi connectivity index (χ0) is 27.0. The number of likely N-dealkylation sites (tertiary alicyclic amines) is 1. The smallest absolute Gasteiger partial charge is 0.387 e. The summed E-state index contributed by atoms with van der Waals surface area (Å²) in [7, 11) is 0. The molecule has 0 N–H and O–H groups in total. The minimum absolute atomic E-state index is 0.142. The van der Waals surface area contributed by atoms with Gasteiger partial charge in [-0.1, -0.05) is 34.4 Å². The number of benzene rings is 1. The lowest BCUT2D eigenvalue weighted by molar-refractivity contribution is -0.139. The number of oxime groups is 1. The number of aromatic nitrogens is 2. The third-order valence-electron chi connectivity index (χ3n) is 6.62. The SMILES string of the molecule is O=C(Cn1cc(C(F)(F)F)ccc1=O)N1CCC(c2nc(C3=NOC(c4ccc(Cl)c(Cl)c4)C3)cs2)CC1. The third-order valence-corrected chi connectivity index (χ3v) is 8.36. The van der Waals surface area contributed by atoms with Crippen molar-refractivity contribution in [3.8, 4) is 0 Å². The van der Waals surface area contributed by atoms with E-state index in [0.29, 0.717) is 54.7 Å². The van der Waals surface area contributed by atoms with Crippen LogP contribution in [0.2, 0.25) is 10.0 Å². The van der Waals surface area contributed by atoms with E-state index in [1.165, 1.54) is 11.3 Å². The molecule has 0 spiro atoms. The van der Waals surface area contributed by atoms with Crippen molar-refractivity contribution in [3.05, 3.63) is 84.1 Å². The van der Waals surface area contributed by atoms with Crippen LogP contribution in [0.3, 0.4) is 0 Å². The summed E-state index contributed by atoms with van der Waals surface area (Å²) in [6.07, 6.45) is -2.32. The predicted octanol–water partition coefficient (Wildman–Crippen LogP) is 5.90. The molecule has 1 aromatic carbocycles. The van der Waals surface area contributed by atoms with Crippen LogP contribution in [-0.4, -0.2) is 39.2 Å². The van der Waals surface area contributed by atoms with Gasteiger partial charge in [0.15, 0.2) is 6.10 Å². The molecule has 0 saturated carbocycles. The fraction of sp³-hybridized carbons (Fsp3) is 0.360. The quantitative estimate of drug-likeness (QED) is 0.374. The van der Waals surface area contributed by atoms with Crippen LogP contribution in [-0.2, 0) is 22.4 Å². The molecule has 1 atom stereocenters. The number of thiazole rings is 1. The van der Waals surface area contributed by atoms with Crippen LogP contribution in [0.15, 0.2) is 51.9 Å². The Morgan fingerprint density at radius 2 is 1.89 bits per heavy atom. The van der Waals surface area contributed by atoms with Crippen LogP contribution in [0.4, 0.5) is 13.2 Å². The summed E-state index contributed by atoms with van der Waals surface area (Å²) < 4.78 is 39.8. The van der Waals surface area contributed by atoms with Crippen molar-refractivity contribution in [1.29, 1.82) is 0 Å². The van der Waals surface area contributed by atoms with Crippen LogP contribution in [0.25, 0.3) is 0 Å². The first-order valence-electron chi connectivity index (χ1n) is 11.8. The first-order chi connectivity index (χ1) is 18.1. The van der Waals surface area contributed by atoms with Gasteiger partial charge in [-0.2, -0.15) is 13.2 Å². The van der Waals surface area contributed by atoms with Gasteiger partial charge in [-0.25, -0.2) is 4.98 Å². The zero-order valence-corrected chi connectivity index (χ0v) is 22.1. The Labute approximate surface area is 229 Å². The summed E-state index contributed by atoms with van der Waals surface area (Å²) in [4.78, 5) is 36.6. The molecule has 2 aliphatic rings. The van der Waals surface area contributed by atoms with Gasteiger partial charge in [-0.05, 0) is 36.6 Å². The molecule has 1 amide bonds. The van der Waals surface area contributed by atoms with E-state index in [1.807, 2.05) is 11.4 Å². The highest BCUT2D eigenvalue weighted by atomic mass is 35.5. The summed E-state index contributed by atoms with van der Waals surface area (Å²) in [5, 5.41) is 8.00. The van der Waals surface area contributed by atoms with Gasteiger partial charge >= 0.3 is 6.18 Å². The van der Waals surface area contributed by atoms with Crippen LogP contribution in [0.5, 0.6) is 0 Å². The Morgan fingerprint density at radius 1 is 1.13 bits per heavy atom. The van der Waals surface area contributed by atoms with Gasteiger partial charge < -0.3 is 14.3 Å². The lowest BCUT2D eigenvalue weighted by Gasteiger charge is -2.31. The third kappa shape index (κ3) is 5.74. The number of alkyl halides is 3. The minimum atomic E-state index is -4.59. The van der Waals surface area contributed by atoms with Gasteiger partial charge in [-0.3, -0.25) is 9.59 Å². The number of pyridine rings is 1. The van der Waals surface area contributed by atoms with Crippen LogP contribution in [0, 0.1) is 0 Å². The highest BCUT2D eigenvalue weighted by molar-refractivity contribution is 7.10. The topological polar surface area (TPSA) is 76.8 Å². The van der Waals surface area contributed by atoms with E-state index in [4.69, 9.17) is 33.0 Å². The van der Waals surface area contributed by atoms with Crippen molar-refractivity contribution in [2.75, 3.05) is 13.1 Å². The fourth-order valence-corrected chi connectivity index (χ4v) is 5.78. The monoisotopic (exact) mass is 584 g/mol. The van der Waals surface area contributed by atoms with Gasteiger partial charge in [-0.15, -0.1) is 11.3 Å². The summed E-state index contributed by atoms with van der Waals surface area (Å²) >= 11 is 13.6. The highest BCUT2D eigenvalue weighted by Gasteiger charge is 2.32. The second-order valence-corrected chi connectivity index (χ2v) is 10.8. The lowest BCUT2D eigenvalue weighted by atomic mass is 9.97. The molecule has 7 nitrogen and oxygen atoms in total. The van der Waals surface area contributed by atoms with E-state index in [-0.39, 0.29) is 12.0 Å². The molecule has 1 unspecified atom stereocenters. The maximum absolute atomic E-state index is 13.0. The van der Waals surface area contributed by atoms with Crippen LogP contribution < -0.4 is 5.56 Å². The summed E-state index contributed by atoms with van der Waals surface area (Å²) in [5.41, 5.74) is 0.733. The highest BCUT2D eigenvalue weighted by Crippen LogP contribution is 2.35. The largest absolute Gasteiger partial charge is 0.417 e. The zero-order valence-electron chi connectivity index (χ0n) is 19.8. The van der Waals surface area contributed by atoms with Gasteiger partial charge in [0.2, 0.25) is 5.91 Å². The van der Waals surface area contributed by atoms with E-state index in [9.17, 15) is 22.8 Å². The number of nitrogens with zero attached hydrogens (tertiary/aromatic N) is 4. The molecule has 4 heterocycles.